The Morgan fingerprint density at radius 2 is 2.30 bits per heavy atom. The zero-order chi connectivity index (χ0) is 14.2. The van der Waals surface area contributed by atoms with Crippen molar-refractivity contribution in [3.05, 3.63) is 47.2 Å². The molecule has 0 saturated heterocycles. The van der Waals surface area contributed by atoms with Gasteiger partial charge < -0.3 is 10.1 Å². The summed E-state index contributed by atoms with van der Waals surface area (Å²) in [5.41, 5.74) is 1.17. The van der Waals surface area contributed by atoms with Crippen LogP contribution in [0.4, 0.5) is 0 Å². The molecule has 0 amide bonds. The summed E-state index contributed by atoms with van der Waals surface area (Å²) in [6.45, 7) is 5.26. The Morgan fingerprint density at radius 3 is 3.00 bits per heavy atom. The molecule has 1 heterocycles. The molecule has 4 nitrogen and oxygen atoms in total. The number of nitrogens with zero attached hydrogens (tertiary/aromatic N) is 2. The minimum Gasteiger partial charge on any atom is -0.490 e. The van der Waals surface area contributed by atoms with Crippen LogP contribution in [0.25, 0.3) is 0 Å². The summed E-state index contributed by atoms with van der Waals surface area (Å²) in [6.07, 6.45) is 4.79. The lowest BCUT2D eigenvalue weighted by atomic mass is 10.2. The molecule has 2 rings (SSSR count). The molecule has 0 radical (unpaired) electrons. The summed E-state index contributed by atoms with van der Waals surface area (Å²) in [4.78, 5) is 0. The molecule has 20 heavy (non-hydrogen) atoms. The first-order chi connectivity index (χ1) is 9.79. The smallest absolute Gasteiger partial charge is 0.138 e. The fourth-order valence-corrected chi connectivity index (χ4v) is 2.12. The van der Waals surface area contributed by atoms with Crippen molar-refractivity contribution in [3.8, 4) is 5.75 Å². The summed E-state index contributed by atoms with van der Waals surface area (Å²) < 4.78 is 7.51. The third-order valence-electron chi connectivity index (χ3n) is 2.89. The summed E-state index contributed by atoms with van der Waals surface area (Å²) >= 11 is 6.23. The van der Waals surface area contributed by atoms with E-state index in [4.69, 9.17) is 16.3 Å². The minimum atomic E-state index is 0.550. The Morgan fingerprint density at radius 1 is 1.40 bits per heavy atom. The number of halogens is 1. The van der Waals surface area contributed by atoms with Crippen molar-refractivity contribution in [1.82, 2.24) is 15.1 Å². The van der Waals surface area contributed by atoms with E-state index in [-0.39, 0.29) is 0 Å². The first-order valence-corrected chi connectivity index (χ1v) is 7.26. The standard InChI is InChI=1S/C15H20ClN3O/c1-2-6-17-12-13-4-5-15(14(16)11-13)20-10-9-19-8-3-7-18-19/h3-5,7-8,11,17H,2,6,9-10,12H2,1H3. The number of rotatable bonds is 8. The van der Waals surface area contributed by atoms with Gasteiger partial charge in [0.05, 0.1) is 11.6 Å². The van der Waals surface area contributed by atoms with Gasteiger partial charge in [-0.25, -0.2) is 0 Å². The van der Waals surface area contributed by atoms with E-state index in [9.17, 15) is 0 Å². The van der Waals surface area contributed by atoms with E-state index >= 15 is 0 Å². The van der Waals surface area contributed by atoms with Gasteiger partial charge in [-0.05, 0) is 36.7 Å². The first-order valence-electron chi connectivity index (χ1n) is 6.89. The van der Waals surface area contributed by atoms with Crippen molar-refractivity contribution in [2.45, 2.75) is 26.4 Å². The average molecular weight is 294 g/mol. The highest BCUT2D eigenvalue weighted by Gasteiger charge is 2.03. The monoisotopic (exact) mass is 293 g/mol. The maximum Gasteiger partial charge on any atom is 0.138 e. The van der Waals surface area contributed by atoms with E-state index < -0.39 is 0 Å². The highest BCUT2D eigenvalue weighted by atomic mass is 35.5. The summed E-state index contributed by atoms with van der Waals surface area (Å²) in [5.74, 6) is 0.720. The largest absolute Gasteiger partial charge is 0.490 e. The highest BCUT2D eigenvalue weighted by Crippen LogP contribution is 2.25. The molecule has 0 atom stereocenters. The van der Waals surface area contributed by atoms with Crippen molar-refractivity contribution in [2.24, 2.45) is 0 Å². The normalized spacial score (nSPS) is 10.7. The summed E-state index contributed by atoms with van der Waals surface area (Å²) in [6, 6.07) is 7.81. The van der Waals surface area contributed by atoms with E-state index in [1.165, 1.54) is 5.56 Å². The Labute approximate surface area is 124 Å². The van der Waals surface area contributed by atoms with Gasteiger partial charge in [-0.3, -0.25) is 4.68 Å². The van der Waals surface area contributed by atoms with Gasteiger partial charge in [0, 0.05) is 18.9 Å². The van der Waals surface area contributed by atoms with Crippen LogP contribution >= 0.6 is 11.6 Å². The van der Waals surface area contributed by atoms with Gasteiger partial charge in [0.15, 0.2) is 0 Å². The van der Waals surface area contributed by atoms with Crippen LogP contribution in [-0.4, -0.2) is 22.9 Å². The fourth-order valence-electron chi connectivity index (χ4n) is 1.86. The van der Waals surface area contributed by atoms with Crippen LogP contribution in [-0.2, 0) is 13.1 Å². The molecular weight excluding hydrogens is 274 g/mol. The van der Waals surface area contributed by atoms with Crippen molar-refractivity contribution < 1.29 is 4.74 Å². The summed E-state index contributed by atoms with van der Waals surface area (Å²) in [7, 11) is 0. The predicted octanol–water partition coefficient (Wildman–Crippen LogP) is 3.12. The quantitative estimate of drug-likeness (QED) is 0.760. The lowest BCUT2D eigenvalue weighted by Crippen LogP contribution is -2.13. The molecular formula is C15H20ClN3O. The third kappa shape index (κ3) is 4.54. The van der Waals surface area contributed by atoms with E-state index in [1.54, 1.807) is 6.20 Å². The number of aromatic nitrogens is 2. The molecule has 108 valence electrons. The van der Waals surface area contributed by atoms with Crippen molar-refractivity contribution in [3.63, 3.8) is 0 Å². The van der Waals surface area contributed by atoms with Crippen LogP contribution < -0.4 is 10.1 Å². The van der Waals surface area contributed by atoms with E-state index in [0.717, 1.165) is 25.3 Å². The first kappa shape index (κ1) is 14.9. The Balaban J connectivity index is 1.82. The van der Waals surface area contributed by atoms with Gasteiger partial charge in [0.2, 0.25) is 0 Å². The molecule has 1 aromatic carbocycles. The molecule has 2 aromatic rings. The van der Waals surface area contributed by atoms with Crippen LogP contribution in [0.3, 0.4) is 0 Å². The zero-order valence-corrected chi connectivity index (χ0v) is 12.4. The van der Waals surface area contributed by atoms with Gasteiger partial charge in [-0.15, -0.1) is 0 Å². The average Bonchev–Trinajstić information content (AvgIpc) is 2.95. The van der Waals surface area contributed by atoms with Crippen molar-refractivity contribution in [1.29, 1.82) is 0 Å². The maximum atomic E-state index is 6.23. The second-order valence-corrected chi connectivity index (χ2v) is 4.97. The second-order valence-electron chi connectivity index (χ2n) is 4.56. The number of hydrogen-bond donors (Lipinski definition) is 1. The van der Waals surface area contributed by atoms with Gasteiger partial charge in [0.25, 0.3) is 0 Å². The molecule has 0 aliphatic heterocycles. The van der Waals surface area contributed by atoms with E-state index in [1.807, 2.05) is 35.1 Å². The minimum absolute atomic E-state index is 0.550. The van der Waals surface area contributed by atoms with Gasteiger partial charge in [-0.1, -0.05) is 24.6 Å². The molecule has 0 spiro atoms. The van der Waals surface area contributed by atoms with Crippen LogP contribution in [0.2, 0.25) is 5.02 Å². The Kier molecular flexibility index (Phi) is 5.89. The van der Waals surface area contributed by atoms with Gasteiger partial charge in [0.1, 0.15) is 12.4 Å². The number of hydrogen-bond acceptors (Lipinski definition) is 3. The number of benzene rings is 1. The number of ether oxygens (including phenoxy) is 1. The molecule has 0 aliphatic carbocycles. The van der Waals surface area contributed by atoms with Gasteiger partial charge in [-0.2, -0.15) is 5.10 Å². The molecule has 0 bridgehead atoms. The fraction of sp³-hybridized carbons (Fsp3) is 0.400. The molecule has 0 fully saturated rings. The third-order valence-corrected chi connectivity index (χ3v) is 3.18. The molecule has 0 aliphatic rings. The lowest BCUT2D eigenvalue weighted by molar-refractivity contribution is 0.291. The van der Waals surface area contributed by atoms with Crippen LogP contribution in [0.5, 0.6) is 5.75 Å². The van der Waals surface area contributed by atoms with Crippen LogP contribution in [0.1, 0.15) is 18.9 Å². The van der Waals surface area contributed by atoms with Crippen molar-refractivity contribution in [2.75, 3.05) is 13.2 Å². The Bertz CT molecular complexity index is 514. The Hall–Kier alpha value is -1.52. The zero-order valence-electron chi connectivity index (χ0n) is 11.7. The van der Waals surface area contributed by atoms with E-state index in [0.29, 0.717) is 18.2 Å². The van der Waals surface area contributed by atoms with E-state index in [2.05, 4.69) is 17.3 Å². The van der Waals surface area contributed by atoms with Crippen molar-refractivity contribution >= 4 is 11.6 Å². The number of nitrogens with one attached hydrogen (secondary N) is 1. The highest BCUT2D eigenvalue weighted by molar-refractivity contribution is 6.32. The predicted molar refractivity (Wildman–Crippen MR) is 81.2 cm³/mol. The lowest BCUT2D eigenvalue weighted by Gasteiger charge is -2.10. The second kappa shape index (κ2) is 7.92. The molecule has 1 aromatic heterocycles. The topological polar surface area (TPSA) is 39.1 Å². The summed E-state index contributed by atoms with van der Waals surface area (Å²) in [5, 5.41) is 8.12. The van der Waals surface area contributed by atoms with Crippen LogP contribution in [0.15, 0.2) is 36.7 Å². The molecule has 0 saturated carbocycles. The van der Waals surface area contributed by atoms with Crippen LogP contribution in [0, 0.1) is 0 Å². The molecule has 5 heteroatoms. The SMILES string of the molecule is CCCNCc1ccc(OCCn2cccn2)c(Cl)c1. The maximum absolute atomic E-state index is 6.23. The molecule has 0 unspecified atom stereocenters. The molecule has 1 N–H and O–H groups in total. The van der Waals surface area contributed by atoms with Gasteiger partial charge >= 0.3 is 0 Å².